The van der Waals surface area contributed by atoms with Gasteiger partial charge in [-0.2, -0.15) is 0 Å². The lowest BCUT2D eigenvalue weighted by atomic mass is 10.2. The van der Waals surface area contributed by atoms with Crippen molar-refractivity contribution in [3.63, 3.8) is 0 Å². The fraction of sp³-hybridized carbons (Fsp3) is 0.300. The van der Waals surface area contributed by atoms with Crippen LogP contribution in [0.3, 0.4) is 0 Å². The van der Waals surface area contributed by atoms with Crippen molar-refractivity contribution in [3.8, 4) is 11.5 Å². The van der Waals surface area contributed by atoms with Gasteiger partial charge in [0.2, 0.25) is 5.91 Å². The van der Waals surface area contributed by atoms with E-state index in [-0.39, 0.29) is 18.4 Å². The summed E-state index contributed by atoms with van der Waals surface area (Å²) in [5, 5.41) is 2.83. The fourth-order valence-electron chi connectivity index (χ4n) is 2.89. The van der Waals surface area contributed by atoms with Gasteiger partial charge in [0.15, 0.2) is 18.1 Å². The highest BCUT2D eigenvalue weighted by Crippen LogP contribution is 2.30. The Morgan fingerprint density at radius 3 is 2.46 bits per heavy atom. The van der Waals surface area contributed by atoms with E-state index in [1.54, 1.807) is 23.1 Å². The van der Waals surface area contributed by atoms with Crippen LogP contribution in [0.2, 0.25) is 0 Å². The van der Waals surface area contributed by atoms with Gasteiger partial charge in [0.1, 0.15) is 0 Å². The number of hydrogen-bond acceptors (Lipinski definition) is 4. The van der Waals surface area contributed by atoms with E-state index >= 15 is 0 Å². The number of benzene rings is 2. The molecule has 0 saturated carbocycles. The molecule has 0 bridgehead atoms. The summed E-state index contributed by atoms with van der Waals surface area (Å²) in [6.07, 6.45) is 1.37. The molecule has 0 spiro atoms. The molecule has 6 nitrogen and oxygen atoms in total. The van der Waals surface area contributed by atoms with Crippen molar-refractivity contribution in [2.45, 2.75) is 19.8 Å². The van der Waals surface area contributed by atoms with E-state index in [2.05, 4.69) is 5.32 Å². The summed E-state index contributed by atoms with van der Waals surface area (Å²) in [7, 11) is 0. The molecule has 2 amide bonds. The van der Waals surface area contributed by atoms with E-state index < -0.39 is 0 Å². The molecule has 0 aliphatic carbocycles. The van der Waals surface area contributed by atoms with Crippen molar-refractivity contribution < 1.29 is 19.1 Å². The standard InChI is InChI=1S/C20H22N2O4/c1-2-25-17-10-5-6-11-18(17)26-14-19(23)21-15-8-3-4-9-16(15)22-13-7-12-20(22)24/h3-6,8-11H,2,7,12-14H2,1H3,(H,21,23). The number of anilines is 2. The number of carbonyl (C=O) groups excluding carboxylic acids is 2. The molecule has 2 aromatic rings. The van der Waals surface area contributed by atoms with Gasteiger partial charge in [-0.3, -0.25) is 9.59 Å². The average Bonchev–Trinajstić information content (AvgIpc) is 3.07. The molecule has 1 fully saturated rings. The zero-order chi connectivity index (χ0) is 18.4. The van der Waals surface area contributed by atoms with Crippen molar-refractivity contribution in [1.29, 1.82) is 0 Å². The smallest absolute Gasteiger partial charge is 0.262 e. The number of hydrogen-bond donors (Lipinski definition) is 1. The Balaban J connectivity index is 1.65. The van der Waals surface area contributed by atoms with E-state index in [1.165, 1.54) is 0 Å². The maximum Gasteiger partial charge on any atom is 0.262 e. The molecule has 136 valence electrons. The van der Waals surface area contributed by atoms with Crippen LogP contribution in [0.1, 0.15) is 19.8 Å². The highest BCUT2D eigenvalue weighted by Gasteiger charge is 2.24. The van der Waals surface area contributed by atoms with E-state index in [4.69, 9.17) is 9.47 Å². The van der Waals surface area contributed by atoms with Gasteiger partial charge in [0, 0.05) is 13.0 Å². The lowest BCUT2D eigenvalue weighted by Gasteiger charge is -2.20. The quantitative estimate of drug-likeness (QED) is 0.829. The van der Waals surface area contributed by atoms with E-state index in [0.29, 0.717) is 36.8 Å². The molecule has 1 N–H and O–H groups in total. The molecule has 3 rings (SSSR count). The van der Waals surface area contributed by atoms with Gasteiger partial charge in [0.05, 0.1) is 18.0 Å². The third-order valence-corrected chi connectivity index (χ3v) is 4.05. The Hall–Kier alpha value is -3.02. The molecule has 0 atom stereocenters. The number of para-hydroxylation sites is 4. The summed E-state index contributed by atoms with van der Waals surface area (Å²) in [5.74, 6) is 0.905. The average molecular weight is 354 g/mol. The second-order valence-electron chi connectivity index (χ2n) is 5.88. The minimum atomic E-state index is -0.296. The van der Waals surface area contributed by atoms with E-state index in [9.17, 15) is 9.59 Å². The molecular weight excluding hydrogens is 332 g/mol. The first-order chi connectivity index (χ1) is 12.7. The van der Waals surface area contributed by atoms with Crippen LogP contribution in [0.25, 0.3) is 0 Å². The van der Waals surface area contributed by atoms with Crippen molar-refractivity contribution in [1.82, 2.24) is 0 Å². The molecule has 6 heteroatoms. The normalized spacial score (nSPS) is 13.6. The van der Waals surface area contributed by atoms with Crippen molar-refractivity contribution in [2.24, 2.45) is 0 Å². The molecule has 0 aromatic heterocycles. The molecule has 26 heavy (non-hydrogen) atoms. The van der Waals surface area contributed by atoms with Crippen molar-refractivity contribution >= 4 is 23.2 Å². The van der Waals surface area contributed by atoms with Gasteiger partial charge in [-0.15, -0.1) is 0 Å². The Morgan fingerprint density at radius 1 is 1.08 bits per heavy atom. The minimum Gasteiger partial charge on any atom is -0.490 e. The minimum absolute atomic E-state index is 0.0774. The number of carbonyl (C=O) groups is 2. The molecule has 1 heterocycles. The topological polar surface area (TPSA) is 67.9 Å². The second-order valence-corrected chi connectivity index (χ2v) is 5.88. The summed E-state index contributed by atoms with van der Waals surface area (Å²) >= 11 is 0. The van der Waals surface area contributed by atoms with Crippen LogP contribution in [0.15, 0.2) is 48.5 Å². The largest absolute Gasteiger partial charge is 0.490 e. The van der Waals surface area contributed by atoms with Crippen LogP contribution in [0.5, 0.6) is 11.5 Å². The summed E-state index contributed by atoms with van der Waals surface area (Å²) in [5.41, 5.74) is 1.33. The van der Waals surface area contributed by atoms with Crippen molar-refractivity contribution in [3.05, 3.63) is 48.5 Å². The number of rotatable bonds is 7. The number of nitrogens with zero attached hydrogens (tertiary/aromatic N) is 1. The molecule has 2 aromatic carbocycles. The third-order valence-electron chi connectivity index (χ3n) is 4.05. The molecule has 0 radical (unpaired) electrons. The van der Waals surface area contributed by atoms with Crippen LogP contribution in [-0.2, 0) is 9.59 Å². The summed E-state index contributed by atoms with van der Waals surface area (Å²) in [6, 6.07) is 14.5. The molecule has 1 aliphatic heterocycles. The predicted molar refractivity (Wildman–Crippen MR) is 99.8 cm³/mol. The van der Waals surface area contributed by atoms with Crippen LogP contribution in [0.4, 0.5) is 11.4 Å². The highest BCUT2D eigenvalue weighted by atomic mass is 16.5. The van der Waals surface area contributed by atoms with Gasteiger partial charge in [-0.05, 0) is 37.6 Å². The van der Waals surface area contributed by atoms with Gasteiger partial charge < -0.3 is 19.7 Å². The predicted octanol–water partition coefficient (Wildman–Crippen LogP) is 3.23. The molecule has 1 aliphatic rings. The molecular formula is C20H22N2O4. The van der Waals surface area contributed by atoms with Crippen molar-refractivity contribution in [2.75, 3.05) is 30.0 Å². The summed E-state index contributed by atoms with van der Waals surface area (Å²) < 4.78 is 11.1. The zero-order valence-corrected chi connectivity index (χ0v) is 14.7. The third kappa shape index (κ3) is 4.14. The fourth-order valence-corrected chi connectivity index (χ4v) is 2.89. The van der Waals surface area contributed by atoms with Crippen LogP contribution >= 0.6 is 0 Å². The van der Waals surface area contributed by atoms with Crippen LogP contribution in [-0.4, -0.2) is 31.6 Å². The number of nitrogens with one attached hydrogen (secondary N) is 1. The number of ether oxygens (including phenoxy) is 2. The van der Waals surface area contributed by atoms with Gasteiger partial charge in [-0.25, -0.2) is 0 Å². The Bertz CT molecular complexity index is 791. The summed E-state index contributed by atoms with van der Waals surface area (Å²) in [4.78, 5) is 26.0. The Morgan fingerprint density at radius 2 is 1.77 bits per heavy atom. The van der Waals surface area contributed by atoms with Crippen LogP contribution < -0.4 is 19.7 Å². The Labute approximate surface area is 152 Å². The van der Waals surface area contributed by atoms with Gasteiger partial charge in [-0.1, -0.05) is 24.3 Å². The molecule has 0 unspecified atom stereocenters. The lowest BCUT2D eigenvalue weighted by molar-refractivity contribution is -0.118. The monoisotopic (exact) mass is 354 g/mol. The maximum atomic E-state index is 12.3. The Kier molecular flexibility index (Phi) is 5.73. The SMILES string of the molecule is CCOc1ccccc1OCC(=O)Nc1ccccc1N1CCCC1=O. The van der Waals surface area contributed by atoms with E-state index in [0.717, 1.165) is 12.1 Å². The molecule has 1 saturated heterocycles. The zero-order valence-electron chi connectivity index (χ0n) is 14.7. The van der Waals surface area contributed by atoms with E-state index in [1.807, 2.05) is 37.3 Å². The maximum absolute atomic E-state index is 12.3. The summed E-state index contributed by atoms with van der Waals surface area (Å²) in [6.45, 7) is 2.93. The van der Waals surface area contributed by atoms with Crippen LogP contribution in [0, 0.1) is 0 Å². The number of amides is 2. The lowest BCUT2D eigenvalue weighted by Crippen LogP contribution is -2.27. The first kappa shape index (κ1) is 17.8. The highest BCUT2D eigenvalue weighted by molar-refractivity contribution is 6.02. The first-order valence-corrected chi connectivity index (χ1v) is 8.73. The van der Waals surface area contributed by atoms with Gasteiger partial charge >= 0.3 is 0 Å². The second kappa shape index (κ2) is 8.38. The van der Waals surface area contributed by atoms with Gasteiger partial charge in [0.25, 0.3) is 5.91 Å². The first-order valence-electron chi connectivity index (χ1n) is 8.73.